The highest BCUT2D eigenvalue weighted by Crippen LogP contribution is 2.01. The number of hydrogen-bond acceptors (Lipinski definition) is 2. The average molecular weight is 181 g/mol. The van der Waals surface area contributed by atoms with Gasteiger partial charge in [0.25, 0.3) is 0 Å². The molecule has 0 saturated heterocycles. The van der Waals surface area contributed by atoms with Crippen molar-refractivity contribution in [1.82, 2.24) is 15.3 Å². The largest absolute Gasteiger partial charge is 0.345 e. The molecule has 1 aromatic heterocycles. The molecule has 0 radical (unpaired) electrons. The first-order valence-corrected chi connectivity index (χ1v) is 5.10. The topological polar surface area (TPSA) is 40.7 Å². The van der Waals surface area contributed by atoms with Crippen molar-refractivity contribution in [1.29, 1.82) is 0 Å². The average Bonchev–Trinajstić information content (AvgIpc) is 2.59. The zero-order valence-corrected chi connectivity index (χ0v) is 8.56. The van der Waals surface area contributed by atoms with Crippen LogP contribution < -0.4 is 5.32 Å². The van der Waals surface area contributed by atoms with Crippen LogP contribution in [0.3, 0.4) is 0 Å². The number of nitrogens with one attached hydrogen (secondary N) is 2. The molecule has 0 saturated carbocycles. The van der Waals surface area contributed by atoms with Crippen molar-refractivity contribution < 1.29 is 0 Å². The van der Waals surface area contributed by atoms with E-state index in [0.717, 1.165) is 25.3 Å². The van der Waals surface area contributed by atoms with Gasteiger partial charge in [-0.15, -0.1) is 0 Å². The summed E-state index contributed by atoms with van der Waals surface area (Å²) in [7, 11) is 0. The molecule has 0 bridgehead atoms. The Labute approximate surface area is 80.0 Å². The molecule has 74 valence electrons. The summed E-state index contributed by atoms with van der Waals surface area (Å²) in [6.07, 6.45) is 5.44. The minimum absolute atomic E-state index is 0.898. The highest BCUT2D eigenvalue weighted by molar-refractivity contribution is 5.00. The first-order valence-electron chi connectivity index (χ1n) is 5.10. The molecule has 3 nitrogen and oxygen atoms in total. The van der Waals surface area contributed by atoms with E-state index in [1.807, 2.05) is 6.20 Å². The van der Waals surface area contributed by atoms with Crippen LogP contribution in [0.15, 0.2) is 6.20 Å². The maximum atomic E-state index is 4.31. The Morgan fingerprint density at radius 1 is 1.46 bits per heavy atom. The number of hydrogen-bond donors (Lipinski definition) is 2. The van der Waals surface area contributed by atoms with Gasteiger partial charge in [0.05, 0.1) is 0 Å². The van der Waals surface area contributed by atoms with Crippen molar-refractivity contribution in [2.24, 2.45) is 0 Å². The van der Waals surface area contributed by atoms with Gasteiger partial charge < -0.3 is 10.3 Å². The summed E-state index contributed by atoms with van der Waals surface area (Å²) in [5.74, 6) is 1.12. The Bertz CT molecular complexity index is 207. The lowest BCUT2D eigenvalue weighted by Gasteiger charge is -1.97. The molecule has 0 fully saturated rings. The van der Waals surface area contributed by atoms with Crippen LogP contribution >= 0.6 is 0 Å². The minimum Gasteiger partial charge on any atom is -0.345 e. The summed E-state index contributed by atoms with van der Waals surface area (Å²) in [5, 5.41) is 3.26. The van der Waals surface area contributed by atoms with Gasteiger partial charge in [0.15, 0.2) is 0 Å². The van der Waals surface area contributed by atoms with Gasteiger partial charge >= 0.3 is 0 Å². The normalized spacial score (nSPS) is 10.6. The number of nitrogens with zero attached hydrogens (tertiary/aromatic N) is 1. The maximum Gasteiger partial charge on any atom is 0.106 e. The van der Waals surface area contributed by atoms with Crippen LogP contribution in [0, 0.1) is 0 Å². The van der Waals surface area contributed by atoms with E-state index in [2.05, 4.69) is 29.1 Å². The zero-order chi connectivity index (χ0) is 9.52. The Kier molecular flexibility index (Phi) is 4.54. The highest BCUT2D eigenvalue weighted by atomic mass is 15.0. The van der Waals surface area contributed by atoms with Crippen LogP contribution in [-0.4, -0.2) is 16.5 Å². The molecule has 0 aliphatic heterocycles. The molecular weight excluding hydrogens is 162 g/mol. The Morgan fingerprint density at radius 3 is 3.00 bits per heavy atom. The van der Waals surface area contributed by atoms with Crippen molar-refractivity contribution in [2.75, 3.05) is 6.54 Å². The van der Waals surface area contributed by atoms with Crippen LogP contribution in [0.1, 0.15) is 38.2 Å². The first kappa shape index (κ1) is 10.3. The second-order valence-electron chi connectivity index (χ2n) is 3.24. The predicted octanol–water partition coefficient (Wildman–Crippen LogP) is 1.86. The fourth-order valence-corrected chi connectivity index (χ4v) is 1.23. The minimum atomic E-state index is 0.898. The Hall–Kier alpha value is -0.830. The Balaban J connectivity index is 2.34. The van der Waals surface area contributed by atoms with E-state index in [1.165, 1.54) is 18.5 Å². The smallest absolute Gasteiger partial charge is 0.106 e. The molecule has 13 heavy (non-hydrogen) atoms. The van der Waals surface area contributed by atoms with Crippen LogP contribution in [0.4, 0.5) is 0 Å². The van der Waals surface area contributed by atoms with Gasteiger partial charge in [-0.25, -0.2) is 4.98 Å². The SMILES string of the molecule is CCCCc1ncc(CNCC)[nH]1. The molecule has 2 N–H and O–H groups in total. The van der Waals surface area contributed by atoms with Crippen molar-refractivity contribution in [3.63, 3.8) is 0 Å². The van der Waals surface area contributed by atoms with Crippen LogP contribution in [0.5, 0.6) is 0 Å². The molecule has 0 aromatic carbocycles. The summed E-state index contributed by atoms with van der Waals surface area (Å²) >= 11 is 0. The van der Waals surface area contributed by atoms with Gasteiger partial charge in [-0.1, -0.05) is 20.3 Å². The summed E-state index contributed by atoms with van der Waals surface area (Å²) in [4.78, 5) is 7.62. The number of H-pyrrole nitrogens is 1. The van der Waals surface area contributed by atoms with Gasteiger partial charge in [-0.05, 0) is 13.0 Å². The standard InChI is InChI=1S/C10H19N3/c1-3-5-6-10-12-8-9(13-10)7-11-4-2/h8,11H,3-7H2,1-2H3,(H,12,13). The van der Waals surface area contributed by atoms with Crippen LogP contribution in [0.2, 0.25) is 0 Å². The van der Waals surface area contributed by atoms with Crippen molar-refractivity contribution in [2.45, 2.75) is 39.7 Å². The second-order valence-corrected chi connectivity index (χ2v) is 3.24. The molecule has 0 amide bonds. The molecule has 0 atom stereocenters. The molecule has 3 heteroatoms. The van der Waals surface area contributed by atoms with E-state index in [4.69, 9.17) is 0 Å². The van der Waals surface area contributed by atoms with E-state index in [0.29, 0.717) is 0 Å². The van der Waals surface area contributed by atoms with E-state index in [9.17, 15) is 0 Å². The van der Waals surface area contributed by atoms with Gasteiger partial charge in [0.2, 0.25) is 0 Å². The number of aryl methyl sites for hydroxylation is 1. The van der Waals surface area contributed by atoms with Gasteiger partial charge in [0, 0.05) is 24.9 Å². The molecule has 1 rings (SSSR count). The summed E-state index contributed by atoms with van der Waals surface area (Å²) in [6, 6.07) is 0. The summed E-state index contributed by atoms with van der Waals surface area (Å²) in [6.45, 7) is 6.20. The number of aromatic nitrogens is 2. The van der Waals surface area contributed by atoms with E-state index in [1.54, 1.807) is 0 Å². The van der Waals surface area contributed by atoms with E-state index in [-0.39, 0.29) is 0 Å². The van der Waals surface area contributed by atoms with Crippen molar-refractivity contribution in [3.8, 4) is 0 Å². The van der Waals surface area contributed by atoms with Crippen molar-refractivity contribution in [3.05, 3.63) is 17.7 Å². The third-order valence-corrected chi connectivity index (χ3v) is 2.01. The van der Waals surface area contributed by atoms with Crippen LogP contribution in [-0.2, 0) is 13.0 Å². The zero-order valence-electron chi connectivity index (χ0n) is 8.56. The molecule has 0 aliphatic carbocycles. The highest BCUT2D eigenvalue weighted by Gasteiger charge is 1.98. The van der Waals surface area contributed by atoms with Crippen LogP contribution in [0.25, 0.3) is 0 Å². The maximum absolute atomic E-state index is 4.31. The Morgan fingerprint density at radius 2 is 2.31 bits per heavy atom. The van der Waals surface area contributed by atoms with Gasteiger partial charge in [-0.2, -0.15) is 0 Å². The van der Waals surface area contributed by atoms with Crippen molar-refractivity contribution >= 4 is 0 Å². The summed E-state index contributed by atoms with van der Waals surface area (Å²) < 4.78 is 0. The lowest BCUT2D eigenvalue weighted by molar-refractivity contribution is 0.707. The van der Waals surface area contributed by atoms with E-state index < -0.39 is 0 Å². The number of imidazole rings is 1. The predicted molar refractivity (Wildman–Crippen MR) is 54.6 cm³/mol. The molecule has 0 spiro atoms. The van der Waals surface area contributed by atoms with Gasteiger partial charge in [-0.3, -0.25) is 0 Å². The number of aromatic amines is 1. The molecule has 1 heterocycles. The monoisotopic (exact) mass is 181 g/mol. The fraction of sp³-hybridized carbons (Fsp3) is 0.700. The lowest BCUT2D eigenvalue weighted by Crippen LogP contribution is -2.11. The first-order chi connectivity index (χ1) is 6.36. The quantitative estimate of drug-likeness (QED) is 0.703. The fourth-order valence-electron chi connectivity index (χ4n) is 1.23. The molecule has 1 aromatic rings. The third kappa shape index (κ3) is 3.59. The van der Waals surface area contributed by atoms with Gasteiger partial charge in [0.1, 0.15) is 5.82 Å². The molecule has 0 aliphatic rings. The summed E-state index contributed by atoms with van der Waals surface area (Å²) in [5.41, 5.74) is 1.19. The third-order valence-electron chi connectivity index (χ3n) is 2.01. The molecule has 0 unspecified atom stereocenters. The molecular formula is C10H19N3. The second kappa shape index (κ2) is 5.75. The van der Waals surface area contributed by atoms with E-state index >= 15 is 0 Å². The lowest BCUT2D eigenvalue weighted by atomic mass is 10.2. The number of rotatable bonds is 6. The number of unbranched alkanes of at least 4 members (excludes halogenated alkanes) is 1.